The summed E-state index contributed by atoms with van der Waals surface area (Å²) in [5, 5.41) is 6.25. The molecule has 8 heteroatoms. The molecule has 1 aliphatic heterocycles. The van der Waals surface area contributed by atoms with E-state index < -0.39 is 11.6 Å². The van der Waals surface area contributed by atoms with Gasteiger partial charge in [0.25, 0.3) is 0 Å². The van der Waals surface area contributed by atoms with Gasteiger partial charge >= 0.3 is 0 Å². The second-order valence-corrected chi connectivity index (χ2v) is 7.78. The molecule has 0 radical (unpaired) electrons. The van der Waals surface area contributed by atoms with E-state index in [2.05, 4.69) is 36.6 Å². The second kappa shape index (κ2) is 9.68. The van der Waals surface area contributed by atoms with Crippen LogP contribution in [0.15, 0.2) is 42.5 Å². The first-order chi connectivity index (χ1) is 15.1. The van der Waals surface area contributed by atoms with E-state index >= 15 is 0 Å². The molecule has 31 heavy (non-hydrogen) atoms. The summed E-state index contributed by atoms with van der Waals surface area (Å²) in [6, 6.07) is 11.8. The molecule has 1 aromatic heterocycles. The number of halogens is 2. The molecule has 2 aromatic carbocycles. The Hall–Kier alpha value is -3.29. The fraction of sp³-hybridized carbons (Fsp3) is 0.348. The maximum Gasteiger partial charge on any atom is 0.233 e. The number of nitrogens with one attached hydrogen (secondary N) is 2. The third-order valence-corrected chi connectivity index (χ3v) is 5.22. The Labute approximate surface area is 180 Å². The fourth-order valence-corrected chi connectivity index (χ4v) is 3.62. The summed E-state index contributed by atoms with van der Waals surface area (Å²) in [4.78, 5) is 15.8. The zero-order valence-corrected chi connectivity index (χ0v) is 17.5. The van der Waals surface area contributed by atoms with Crippen LogP contribution in [0.5, 0.6) is 0 Å². The van der Waals surface area contributed by atoms with Crippen LogP contribution in [0.4, 0.5) is 32.3 Å². The monoisotopic (exact) mass is 424 g/mol. The highest BCUT2D eigenvalue weighted by atomic mass is 19.2. The van der Waals surface area contributed by atoms with Crippen LogP contribution in [0, 0.1) is 18.6 Å². The molecule has 1 fully saturated rings. The lowest BCUT2D eigenvalue weighted by Gasteiger charge is -2.21. The number of benzene rings is 2. The van der Waals surface area contributed by atoms with Crippen molar-refractivity contribution in [2.24, 2.45) is 0 Å². The van der Waals surface area contributed by atoms with Gasteiger partial charge < -0.3 is 15.5 Å². The Morgan fingerprint density at radius 1 is 0.871 bits per heavy atom. The Bertz CT molecular complexity index is 1030. The molecule has 162 valence electrons. The first-order valence-corrected chi connectivity index (χ1v) is 10.6. The van der Waals surface area contributed by atoms with Gasteiger partial charge in [0.15, 0.2) is 11.6 Å². The van der Waals surface area contributed by atoms with Crippen LogP contribution in [0.3, 0.4) is 0 Å². The number of rotatable bonds is 6. The van der Waals surface area contributed by atoms with Gasteiger partial charge in [0, 0.05) is 31.4 Å². The molecule has 2 N–H and O–H groups in total. The predicted octanol–water partition coefficient (Wildman–Crippen LogP) is 5.19. The molecule has 2 heterocycles. The van der Waals surface area contributed by atoms with Gasteiger partial charge in [0.2, 0.25) is 17.8 Å². The molecule has 4 rings (SSSR count). The van der Waals surface area contributed by atoms with Crippen molar-refractivity contribution in [2.45, 2.75) is 39.2 Å². The number of anilines is 4. The molecule has 6 nitrogen and oxygen atoms in total. The van der Waals surface area contributed by atoms with E-state index in [9.17, 15) is 8.78 Å². The van der Waals surface area contributed by atoms with Gasteiger partial charge in [-0.1, -0.05) is 42.7 Å². The van der Waals surface area contributed by atoms with Gasteiger partial charge in [-0.3, -0.25) is 0 Å². The van der Waals surface area contributed by atoms with E-state index in [1.165, 1.54) is 24.5 Å². The van der Waals surface area contributed by atoms with Gasteiger partial charge in [-0.15, -0.1) is 0 Å². The van der Waals surface area contributed by atoms with Gasteiger partial charge in [0.05, 0.1) is 0 Å². The highest BCUT2D eigenvalue weighted by Gasteiger charge is 2.16. The highest BCUT2D eigenvalue weighted by molar-refractivity contribution is 5.56. The van der Waals surface area contributed by atoms with Gasteiger partial charge in [-0.25, -0.2) is 8.78 Å². The Morgan fingerprint density at radius 2 is 1.65 bits per heavy atom. The highest BCUT2D eigenvalue weighted by Crippen LogP contribution is 2.22. The minimum atomic E-state index is -0.926. The van der Waals surface area contributed by atoms with E-state index in [0.29, 0.717) is 24.1 Å². The summed E-state index contributed by atoms with van der Waals surface area (Å²) in [6.07, 6.45) is 4.56. The molecule has 1 saturated heterocycles. The molecule has 0 spiro atoms. The van der Waals surface area contributed by atoms with Gasteiger partial charge in [-0.2, -0.15) is 15.0 Å². The largest absolute Gasteiger partial charge is 0.350 e. The van der Waals surface area contributed by atoms with Crippen molar-refractivity contribution in [2.75, 3.05) is 28.6 Å². The lowest BCUT2D eigenvalue weighted by Crippen LogP contribution is -2.27. The summed E-state index contributed by atoms with van der Waals surface area (Å²) in [6.45, 7) is 4.38. The zero-order valence-electron chi connectivity index (χ0n) is 17.5. The van der Waals surface area contributed by atoms with Crippen molar-refractivity contribution in [3.8, 4) is 0 Å². The smallest absolute Gasteiger partial charge is 0.233 e. The Kier molecular flexibility index (Phi) is 6.54. The average molecular weight is 424 g/mol. The van der Waals surface area contributed by atoms with E-state index in [1.807, 2.05) is 25.1 Å². The molecule has 0 saturated carbocycles. The molecular formula is C23H26F2N6. The van der Waals surface area contributed by atoms with E-state index in [4.69, 9.17) is 0 Å². The Balaban J connectivity index is 1.59. The summed E-state index contributed by atoms with van der Waals surface area (Å²) in [5.74, 6) is -0.530. The Morgan fingerprint density at radius 3 is 2.39 bits per heavy atom. The summed E-state index contributed by atoms with van der Waals surface area (Å²) >= 11 is 0. The summed E-state index contributed by atoms with van der Waals surface area (Å²) in [5.41, 5.74) is 2.67. The van der Waals surface area contributed by atoms with Gasteiger partial charge in [0.1, 0.15) is 0 Å². The van der Waals surface area contributed by atoms with Crippen molar-refractivity contribution in [3.05, 3.63) is 65.2 Å². The fourth-order valence-electron chi connectivity index (χ4n) is 3.62. The third-order valence-electron chi connectivity index (χ3n) is 5.22. The minimum absolute atomic E-state index is 0.284. The lowest BCUT2D eigenvalue weighted by atomic mass is 10.1. The van der Waals surface area contributed by atoms with Crippen LogP contribution in [-0.2, 0) is 6.54 Å². The number of aromatic nitrogens is 3. The molecule has 0 amide bonds. The third kappa shape index (κ3) is 5.65. The number of hydrogen-bond acceptors (Lipinski definition) is 6. The number of nitrogens with zero attached hydrogens (tertiary/aromatic N) is 4. The van der Waals surface area contributed by atoms with E-state index in [0.717, 1.165) is 43.6 Å². The molecule has 0 unspecified atom stereocenters. The summed E-state index contributed by atoms with van der Waals surface area (Å²) < 4.78 is 26.9. The number of hydrogen-bond donors (Lipinski definition) is 2. The van der Waals surface area contributed by atoms with Crippen molar-refractivity contribution >= 4 is 23.5 Å². The number of aryl methyl sites for hydroxylation is 1. The van der Waals surface area contributed by atoms with Crippen molar-refractivity contribution < 1.29 is 8.78 Å². The molecule has 0 atom stereocenters. The van der Waals surface area contributed by atoms with Crippen LogP contribution in [-0.4, -0.2) is 28.0 Å². The first kappa shape index (κ1) is 21.0. The lowest BCUT2D eigenvalue weighted by molar-refractivity contribution is 0.509. The molecule has 1 aliphatic rings. The first-order valence-electron chi connectivity index (χ1n) is 10.6. The van der Waals surface area contributed by atoms with Crippen molar-refractivity contribution in [1.82, 2.24) is 15.0 Å². The van der Waals surface area contributed by atoms with E-state index in [1.54, 1.807) is 0 Å². The van der Waals surface area contributed by atoms with Crippen molar-refractivity contribution in [1.29, 1.82) is 0 Å². The maximum absolute atomic E-state index is 13.6. The van der Waals surface area contributed by atoms with Crippen molar-refractivity contribution in [3.63, 3.8) is 0 Å². The topological polar surface area (TPSA) is 66.0 Å². The molecule has 3 aromatic rings. The van der Waals surface area contributed by atoms with E-state index in [-0.39, 0.29) is 5.95 Å². The molecule has 0 bridgehead atoms. The van der Waals surface area contributed by atoms with Crippen LogP contribution < -0.4 is 15.5 Å². The molecular weight excluding hydrogens is 398 g/mol. The van der Waals surface area contributed by atoms with Crippen LogP contribution in [0.2, 0.25) is 0 Å². The normalized spacial score (nSPS) is 14.2. The summed E-state index contributed by atoms with van der Waals surface area (Å²) in [7, 11) is 0. The van der Waals surface area contributed by atoms with Gasteiger partial charge in [-0.05, 0) is 37.5 Å². The van der Waals surface area contributed by atoms with Crippen LogP contribution in [0.1, 0.15) is 36.8 Å². The second-order valence-electron chi connectivity index (χ2n) is 7.78. The predicted molar refractivity (Wildman–Crippen MR) is 119 cm³/mol. The quantitative estimate of drug-likeness (QED) is 0.567. The standard InChI is InChI=1S/C23H26F2N6/c1-16-7-6-8-17(13-16)15-26-21-28-22(27-18-9-10-19(24)20(25)14-18)30-23(29-21)31-11-4-2-3-5-12-31/h6-10,13-14H,2-5,11-12,15H2,1H3,(H2,26,27,28,29,30). The average Bonchev–Trinajstić information content (AvgIpc) is 3.05. The zero-order chi connectivity index (χ0) is 21.6. The van der Waals surface area contributed by atoms with Crippen LogP contribution in [0.25, 0.3) is 0 Å². The minimum Gasteiger partial charge on any atom is -0.350 e. The maximum atomic E-state index is 13.6. The van der Waals surface area contributed by atoms with Crippen LogP contribution >= 0.6 is 0 Å². The molecule has 0 aliphatic carbocycles. The SMILES string of the molecule is Cc1cccc(CNc2nc(Nc3ccc(F)c(F)c3)nc(N3CCCCCC3)n2)c1.